The minimum atomic E-state index is 0.610. The molecule has 1 aromatic heterocycles. The average Bonchev–Trinajstić information content (AvgIpc) is 2.50. The van der Waals surface area contributed by atoms with Crippen LogP contribution in [0.4, 0.5) is 17.5 Å². The molecule has 4 nitrogen and oxygen atoms in total. The lowest BCUT2D eigenvalue weighted by molar-refractivity contribution is 1.12. The number of rotatable bonds is 3. The summed E-state index contributed by atoms with van der Waals surface area (Å²) < 4.78 is 0. The molecule has 0 bridgehead atoms. The highest BCUT2D eigenvalue weighted by molar-refractivity contribution is 5.95. The summed E-state index contributed by atoms with van der Waals surface area (Å²) >= 11 is 0. The molecule has 20 heavy (non-hydrogen) atoms. The Kier molecular flexibility index (Phi) is 3.21. The molecular weight excluding hydrogens is 248 g/mol. The van der Waals surface area contributed by atoms with Gasteiger partial charge in [-0.2, -0.15) is 4.98 Å². The van der Waals surface area contributed by atoms with Crippen LogP contribution in [0.25, 0.3) is 10.8 Å². The van der Waals surface area contributed by atoms with Crippen LogP contribution < -0.4 is 10.6 Å². The molecule has 0 amide bonds. The van der Waals surface area contributed by atoms with Crippen molar-refractivity contribution in [1.29, 1.82) is 0 Å². The Bertz CT molecular complexity index is 747. The van der Waals surface area contributed by atoms with Crippen molar-refractivity contribution in [1.82, 2.24) is 9.97 Å². The van der Waals surface area contributed by atoms with Gasteiger partial charge in [0.25, 0.3) is 0 Å². The van der Waals surface area contributed by atoms with E-state index in [2.05, 4.69) is 44.9 Å². The molecule has 0 aliphatic heterocycles. The first-order chi connectivity index (χ1) is 9.78. The van der Waals surface area contributed by atoms with Gasteiger partial charge in [-0.3, -0.25) is 0 Å². The van der Waals surface area contributed by atoms with Crippen molar-refractivity contribution in [3.8, 4) is 0 Å². The summed E-state index contributed by atoms with van der Waals surface area (Å²) in [7, 11) is 1.81. The zero-order chi connectivity index (χ0) is 13.9. The molecule has 0 atom stereocenters. The van der Waals surface area contributed by atoms with E-state index in [0.29, 0.717) is 5.95 Å². The summed E-state index contributed by atoms with van der Waals surface area (Å²) in [5, 5.41) is 8.74. The number of nitrogens with one attached hydrogen (secondary N) is 2. The van der Waals surface area contributed by atoms with Crippen LogP contribution in [0.3, 0.4) is 0 Å². The lowest BCUT2D eigenvalue weighted by Gasteiger charge is -2.12. The van der Waals surface area contributed by atoms with Crippen molar-refractivity contribution in [3.63, 3.8) is 0 Å². The summed E-state index contributed by atoms with van der Waals surface area (Å²) in [5.41, 5.74) is 2.06. The van der Waals surface area contributed by atoms with Crippen molar-refractivity contribution in [2.75, 3.05) is 17.7 Å². The van der Waals surface area contributed by atoms with Crippen molar-refractivity contribution in [2.45, 2.75) is 6.92 Å². The standard InChI is InChI=1S/C16H16N4/c1-11-10-18-16(17-2)20-15(11)19-14-9-5-7-12-6-3-4-8-13(12)14/h3-10H,1-2H3,(H2,17,18,19,20). The summed E-state index contributed by atoms with van der Waals surface area (Å²) in [6.07, 6.45) is 1.81. The van der Waals surface area contributed by atoms with E-state index in [4.69, 9.17) is 0 Å². The predicted molar refractivity (Wildman–Crippen MR) is 83.5 cm³/mol. The highest BCUT2D eigenvalue weighted by atomic mass is 15.1. The molecule has 4 heteroatoms. The van der Waals surface area contributed by atoms with Crippen LogP contribution in [0.15, 0.2) is 48.7 Å². The van der Waals surface area contributed by atoms with Crippen LogP contribution in [0.5, 0.6) is 0 Å². The third kappa shape index (κ3) is 2.28. The predicted octanol–water partition coefficient (Wildman–Crippen LogP) is 3.72. The lowest BCUT2D eigenvalue weighted by Crippen LogP contribution is -2.02. The molecule has 0 aliphatic rings. The molecule has 0 unspecified atom stereocenters. The van der Waals surface area contributed by atoms with Gasteiger partial charge in [-0.15, -0.1) is 0 Å². The summed E-state index contributed by atoms with van der Waals surface area (Å²) in [6, 6.07) is 14.5. The van der Waals surface area contributed by atoms with Gasteiger partial charge in [0.1, 0.15) is 5.82 Å². The Morgan fingerprint density at radius 1 is 1.00 bits per heavy atom. The van der Waals surface area contributed by atoms with Gasteiger partial charge < -0.3 is 10.6 Å². The maximum atomic E-state index is 4.46. The van der Waals surface area contributed by atoms with Crippen LogP contribution in [-0.2, 0) is 0 Å². The zero-order valence-electron chi connectivity index (χ0n) is 11.5. The van der Waals surface area contributed by atoms with E-state index < -0.39 is 0 Å². The number of nitrogens with zero attached hydrogens (tertiary/aromatic N) is 2. The second-order valence-electron chi connectivity index (χ2n) is 4.63. The van der Waals surface area contributed by atoms with E-state index in [1.807, 2.05) is 38.4 Å². The van der Waals surface area contributed by atoms with Gasteiger partial charge >= 0.3 is 0 Å². The van der Waals surface area contributed by atoms with Crippen molar-refractivity contribution < 1.29 is 0 Å². The third-order valence-corrected chi connectivity index (χ3v) is 3.24. The topological polar surface area (TPSA) is 49.8 Å². The Hall–Kier alpha value is -2.62. The number of hydrogen-bond acceptors (Lipinski definition) is 4. The molecule has 3 rings (SSSR count). The third-order valence-electron chi connectivity index (χ3n) is 3.24. The van der Waals surface area contributed by atoms with Crippen molar-refractivity contribution in [2.24, 2.45) is 0 Å². The zero-order valence-corrected chi connectivity index (χ0v) is 11.5. The molecule has 3 aromatic rings. The first-order valence-electron chi connectivity index (χ1n) is 6.54. The molecule has 0 spiro atoms. The Balaban J connectivity index is 2.05. The number of hydrogen-bond donors (Lipinski definition) is 2. The molecule has 1 heterocycles. The van der Waals surface area contributed by atoms with Gasteiger partial charge in [-0.05, 0) is 18.4 Å². The van der Waals surface area contributed by atoms with Gasteiger partial charge in [-0.25, -0.2) is 4.98 Å². The van der Waals surface area contributed by atoms with E-state index in [9.17, 15) is 0 Å². The van der Waals surface area contributed by atoms with Crippen LogP contribution >= 0.6 is 0 Å². The fourth-order valence-electron chi connectivity index (χ4n) is 2.15. The number of aryl methyl sites for hydroxylation is 1. The number of aromatic nitrogens is 2. The summed E-state index contributed by atoms with van der Waals surface area (Å²) in [4.78, 5) is 8.66. The van der Waals surface area contributed by atoms with E-state index in [0.717, 1.165) is 17.1 Å². The normalized spacial score (nSPS) is 10.5. The van der Waals surface area contributed by atoms with Crippen molar-refractivity contribution >= 4 is 28.2 Å². The Labute approximate surface area is 117 Å². The minimum Gasteiger partial charge on any atom is -0.357 e. The molecule has 0 aliphatic carbocycles. The maximum Gasteiger partial charge on any atom is 0.224 e. The quantitative estimate of drug-likeness (QED) is 0.757. The van der Waals surface area contributed by atoms with E-state index in [-0.39, 0.29) is 0 Å². The fourth-order valence-corrected chi connectivity index (χ4v) is 2.15. The molecule has 2 N–H and O–H groups in total. The first-order valence-corrected chi connectivity index (χ1v) is 6.54. The maximum absolute atomic E-state index is 4.46. The molecule has 0 saturated heterocycles. The summed E-state index contributed by atoms with van der Waals surface area (Å²) in [5.74, 6) is 1.43. The number of benzene rings is 2. The van der Waals surface area contributed by atoms with E-state index >= 15 is 0 Å². The molecule has 2 aromatic carbocycles. The molecule has 0 saturated carbocycles. The van der Waals surface area contributed by atoms with Gasteiger partial charge in [-0.1, -0.05) is 36.4 Å². The van der Waals surface area contributed by atoms with Crippen LogP contribution in [0.2, 0.25) is 0 Å². The molecule has 100 valence electrons. The second-order valence-corrected chi connectivity index (χ2v) is 4.63. The molecule has 0 radical (unpaired) electrons. The van der Waals surface area contributed by atoms with Crippen LogP contribution in [0.1, 0.15) is 5.56 Å². The Morgan fingerprint density at radius 3 is 2.65 bits per heavy atom. The summed E-state index contributed by atoms with van der Waals surface area (Å²) in [6.45, 7) is 1.99. The number of fused-ring (bicyclic) bond motifs is 1. The molecule has 0 fully saturated rings. The van der Waals surface area contributed by atoms with Gasteiger partial charge in [0.15, 0.2) is 0 Å². The smallest absolute Gasteiger partial charge is 0.224 e. The fraction of sp³-hybridized carbons (Fsp3) is 0.125. The van der Waals surface area contributed by atoms with Gasteiger partial charge in [0.05, 0.1) is 0 Å². The number of anilines is 3. The van der Waals surface area contributed by atoms with E-state index in [1.54, 1.807) is 0 Å². The van der Waals surface area contributed by atoms with Crippen molar-refractivity contribution in [3.05, 3.63) is 54.2 Å². The first kappa shape index (κ1) is 12.4. The van der Waals surface area contributed by atoms with Gasteiger partial charge in [0.2, 0.25) is 5.95 Å². The highest BCUT2D eigenvalue weighted by Crippen LogP contribution is 2.26. The van der Waals surface area contributed by atoms with Crippen LogP contribution in [0, 0.1) is 6.92 Å². The highest BCUT2D eigenvalue weighted by Gasteiger charge is 2.05. The average molecular weight is 264 g/mol. The van der Waals surface area contributed by atoms with E-state index in [1.165, 1.54) is 10.8 Å². The van der Waals surface area contributed by atoms with Crippen LogP contribution in [-0.4, -0.2) is 17.0 Å². The minimum absolute atomic E-state index is 0.610. The molecular formula is C16H16N4. The lowest BCUT2D eigenvalue weighted by atomic mass is 10.1. The van der Waals surface area contributed by atoms with Gasteiger partial charge in [0, 0.05) is 29.9 Å². The largest absolute Gasteiger partial charge is 0.357 e. The monoisotopic (exact) mass is 264 g/mol. The SMILES string of the molecule is CNc1ncc(C)c(Nc2cccc3ccccc23)n1. The second kappa shape index (κ2) is 5.17. The Morgan fingerprint density at radius 2 is 1.80 bits per heavy atom.